The van der Waals surface area contributed by atoms with Gasteiger partial charge in [0.2, 0.25) is 5.88 Å². The molecule has 0 aliphatic rings. The Morgan fingerprint density at radius 2 is 1.56 bits per heavy atom. The van der Waals surface area contributed by atoms with E-state index in [9.17, 15) is 5.11 Å². The summed E-state index contributed by atoms with van der Waals surface area (Å²) in [6, 6.07) is 23.4. The zero-order valence-corrected chi connectivity index (χ0v) is 18.9. The number of nitrogens with zero attached hydrogens (tertiary/aromatic N) is 2. The second kappa shape index (κ2) is 9.23. The third-order valence-corrected chi connectivity index (χ3v) is 5.47. The molecule has 4 rings (SSSR count). The molecule has 2 aromatic heterocycles. The molecule has 0 amide bonds. The highest BCUT2D eigenvalue weighted by Gasteiger charge is 2.17. The normalized spacial score (nSPS) is 11.2. The smallest absolute Gasteiger partial charge is 0.219 e. The van der Waals surface area contributed by atoms with Crippen LogP contribution in [0.2, 0.25) is 0 Å². The van der Waals surface area contributed by atoms with Crippen LogP contribution in [0.5, 0.6) is 17.4 Å². The Balaban J connectivity index is 1.73. The number of benzene rings is 2. The van der Waals surface area contributed by atoms with E-state index < -0.39 is 0 Å². The molecule has 0 radical (unpaired) electrons. The zero-order chi connectivity index (χ0) is 22.7. The van der Waals surface area contributed by atoms with E-state index in [1.807, 2.05) is 60.7 Å². The van der Waals surface area contributed by atoms with Gasteiger partial charge in [0.1, 0.15) is 11.5 Å². The fourth-order valence-electron chi connectivity index (χ4n) is 3.64. The molecule has 0 atom stereocenters. The molecule has 0 aliphatic carbocycles. The molecule has 162 valence electrons. The average Bonchev–Trinajstić information content (AvgIpc) is 2.80. The van der Waals surface area contributed by atoms with Gasteiger partial charge in [0.25, 0.3) is 0 Å². The molecule has 0 aliphatic heterocycles. The van der Waals surface area contributed by atoms with Gasteiger partial charge < -0.3 is 9.84 Å². The van der Waals surface area contributed by atoms with Gasteiger partial charge >= 0.3 is 0 Å². The van der Waals surface area contributed by atoms with Crippen LogP contribution in [0.3, 0.4) is 0 Å². The molecule has 4 nitrogen and oxygen atoms in total. The highest BCUT2D eigenvalue weighted by molar-refractivity contribution is 5.73. The van der Waals surface area contributed by atoms with Crippen molar-refractivity contribution in [1.29, 1.82) is 0 Å². The van der Waals surface area contributed by atoms with E-state index in [1.165, 1.54) is 5.56 Å². The number of phenolic OH excluding ortho intramolecular Hbond substituents is 1. The lowest BCUT2D eigenvalue weighted by molar-refractivity contribution is 0.463. The Kier molecular flexibility index (Phi) is 6.22. The van der Waals surface area contributed by atoms with Gasteiger partial charge in [0, 0.05) is 23.4 Å². The minimum atomic E-state index is 0.219. The highest BCUT2D eigenvalue weighted by atomic mass is 16.5. The standard InChI is InChI=1S/C28H28N2O2/c1-18(2)21-16-23(19(3)4)28(31)24(17-21)26-12-8-11-25(30-26)20-9-7-10-22(15-20)32-27-13-5-6-14-29-27/h5-19,31H,1-4H3. The summed E-state index contributed by atoms with van der Waals surface area (Å²) in [7, 11) is 0. The molecular weight excluding hydrogens is 396 g/mol. The summed E-state index contributed by atoms with van der Waals surface area (Å²) in [5.41, 5.74) is 5.41. The molecule has 0 fully saturated rings. The van der Waals surface area contributed by atoms with Crippen molar-refractivity contribution in [3.63, 3.8) is 0 Å². The first-order chi connectivity index (χ1) is 15.4. The maximum absolute atomic E-state index is 11.0. The maximum Gasteiger partial charge on any atom is 0.219 e. The fourth-order valence-corrected chi connectivity index (χ4v) is 3.64. The summed E-state index contributed by atoms with van der Waals surface area (Å²) < 4.78 is 5.88. The summed E-state index contributed by atoms with van der Waals surface area (Å²) in [5.74, 6) is 2.12. The van der Waals surface area contributed by atoms with Crippen molar-refractivity contribution in [2.24, 2.45) is 0 Å². The van der Waals surface area contributed by atoms with Crippen LogP contribution in [0.1, 0.15) is 50.7 Å². The molecule has 4 heteroatoms. The zero-order valence-electron chi connectivity index (χ0n) is 18.9. The Morgan fingerprint density at radius 1 is 0.781 bits per heavy atom. The Morgan fingerprint density at radius 3 is 2.28 bits per heavy atom. The van der Waals surface area contributed by atoms with E-state index in [0.717, 1.165) is 28.1 Å². The van der Waals surface area contributed by atoms with Crippen LogP contribution in [-0.2, 0) is 0 Å². The first-order valence-corrected chi connectivity index (χ1v) is 11.0. The van der Waals surface area contributed by atoms with Crippen LogP contribution in [0, 0.1) is 0 Å². The molecule has 0 saturated heterocycles. The van der Waals surface area contributed by atoms with Crippen molar-refractivity contribution in [2.45, 2.75) is 39.5 Å². The van der Waals surface area contributed by atoms with Crippen LogP contribution < -0.4 is 4.74 Å². The molecule has 0 bridgehead atoms. The number of aromatic nitrogens is 2. The second-order valence-electron chi connectivity index (χ2n) is 8.52. The molecular formula is C28H28N2O2. The second-order valence-corrected chi connectivity index (χ2v) is 8.52. The van der Waals surface area contributed by atoms with E-state index in [0.29, 0.717) is 23.3 Å². The molecule has 32 heavy (non-hydrogen) atoms. The molecule has 2 heterocycles. The van der Waals surface area contributed by atoms with Gasteiger partial charge in [-0.2, -0.15) is 0 Å². The van der Waals surface area contributed by atoms with E-state index >= 15 is 0 Å². The Labute approximate surface area is 189 Å². The quantitative estimate of drug-likeness (QED) is 0.347. The summed E-state index contributed by atoms with van der Waals surface area (Å²) >= 11 is 0. The van der Waals surface area contributed by atoms with Crippen molar-refractivity contribution < 1.29 is 9.84 Å². The number of aromatic hydroxyl groups is 1. The van der Waals surface area contributed by atoms with Crippen molar-refractivity contribution >= 4 is 0 Å². The number of pyridine rings is 2. The van der Waals surface area contributed by atoms with E-state index in [1.54, 1.807) is 6.20 Å². The van der Waals surface area contributed by atoms with Gasteiger partial charge in [-0.05, 0) is 59.4 Å². The Bertz CT molecular complexity index is 1220. The molecule has 2 aromatic carbocycles. The summed E-state index contributed by atoms with van der Waals surface area (Å²) in [4.78, 5) is 9.11. The Hall–Kier alpha value is -3.66. The number of phenols is 1. The van der Waals surface area contributed by atoms with Crippen molar-refractivity contribution in [3.05, 3.63) is 90.1 Å². The van der Waals surface area contributed by atoms with E-state index in [4.69, 9.17) is 9.72 Å². The molecule has 0 saturated carbocycles. The monoisotopic (exact) mass is 424 g/mol. The average molecular weight is 425 g/mol. The van der Waals surface area contributed by atoms with Gasteiger partial charge in [-0.3, -0.25) is 0 Å². The number of hydrogen-bond donors (Lipinski definition) is 1. The predicted molar refractivity (Wildman–Crippen MR) is 129 cm³/mol. The van der Waals surface area contributed by atoms with Crippen LogP contribution >= 0.6 is 0 Å². The number of ether oxygens (including phenoxy) is 1. The van der Waals surface area contributed by atoms with E-state index in [-0.39, 0.29) is 5.92 Å². The minimum Gasteiger partial charge on any atom is -0.507 e. The maximum atomic E-state index is 11.0. The number of rotatable bonds is 6. The van der Waals surface area contributed by atoms with Gasteiger partial charge in [-0.15, -0.1) is 0 Å². The topological polar surface area (TPSA) is 55.2 Å². The summed E-state index contributed by atoms with van der Waals surface area (Å²) in [6.07, 6.45) is 1.70. The van der Waals surface area contributed by atoms with Crippen LogP contribution in [-0.4, -0.2) is 15.1 Å². The molecule has 0 spiro atoms. The minimum absolute atomic E-state index is 0.219. The van der Waals surface area contributed by atoms with Crippen LogP contribution in [0.15, 0.2) is 79.0 Å². The molecule has 1 N–H and O–H groups in total. The van der Waals surface area contributed by atoms with Crippen molar-refractivity contribution in [1.82, 2.24) is 9.97 Å². The third kappa shape index (κ3) is 4.65. The lowest BCUT2D eigenvalue weighted by Gasteiger charge is -2.17. The van der Waals surface area contributed by atoms with Crippen LogP contribution in [0.4, 0.5) is 0 Å². The lowest BCUT2D eigenvalue weighted by atomic mass is 9.91. The van der Waals surface area contributed by atoms with Gasteiger partial charge in [0.15, 0.2) is 0 Å². The summed E-state index contributed by atoms with van der Waals surface area (Å²) in [5, 5.41) is 11.0. The first kappa shape index (κ1) is 21.6. The first-order valence-electron chi connectivity index (χ1n) is 11.0. The SMILES string of the molecule is CC(C)c1cc(-c2cccc(-c3cccc(Oc4ccccn4)c3)n2)c(O)c(C(C)C)c1. The van der Waals surface area contributed by atoms with Gasteiger partial charge in [-0.25, -0.2) is 9.97 Å². The third-order valence-electron chi connectivity index (χ3n) is 5.47. The molecule has 0 unspecified atom stereocenters. The predicted octanol–water partition coefficient (Wildman–Crippen LogP) is 7.56. The van der Waals surface area contributed by atoms with E-state index in [2.05, 4.69) is 44.8 Å². The molecule has 4 aromatic rings. The van der Waals surface area contributed by atoms with Gasteiger partial charge in [-0.1, -0.05) is 58.0 Å². The van der Waals surface area contributed by atoms with Crippen LogP contribution in [0.25, 0.3) is 22.5 Å². The van der Waals surface area contributed by atoms with Crippen molar-refractivity contribution in [3.8, 4) is 39.9 Å². The van der Waals surface area contributed by atoms with Gasteiger partial charge in [0.05, 0.1) is 11.4 Å². The lowest BCUT2D eigenvalue weighted by Crippen LogP contribution is -1.98. The van der Waals surface area contributed by atoms with Crippen molar-refractivity contribution in [2.75, 3.05) is 0 Å². The summed E-state index contributed by atoms with van der Waals surface area (Å²) in [6.45, 7) is 8.52. The largest absolute Gasteiger partial charge is 0.507 e. The number of hydrogen-bond acceptors (Lipinski definition) is 4. The fraction of sp³-hybridized carbons (Fsp3) is 0.214. The highest BCUT2D eigenvalue weighted by Crippen LogP contribution is 2.39.